The van der Waals surface area contributed by atoms with Crippen LogP contribution in [-0.4, -0.2) is 57.1 Å². The second-order valence-corrected chi connectivity index (χ2v) is 12.9. The van der Waals surface area contributed by atoms with Crippen molar-refractivity contribution >= 4 is 27.5 Å². The Morgan fingerprint density at radius 2 is 1.60 bits per heavy atom. The lowest BCUT2D eigenvalue weighted by molar-refractivity contribution is -0.140. The fraction of sp³-hybridized carbons (Fsp3) is 0.394. The van der Waals surface area contributed by atoms with Gasteiger partial charge in [-0.1, -0.05) is 79.9 Å². The number of hydrogen-bond acceptors (Lipinski definition) is 5. The molecular formula is C33H41N3O5S. The Bertz CT molecular complexity index is 1460. The summed E-state index contributed by atoms with van der Waals surface area (Å²) in [5, 5.41) is 3.22. The molecule has 1 N–H and O–H groups in total. The molecule has 3 aromatic carbocycles. The van der Waals surface area contributed by atoms with Gasteiger partial charge in [0.25, 0.3) is 0 Å². The highest BCUT2D eigenvalue weighted by Crippen LogP contribution is 2.25. The summed E-state index contributed by atoms with van der Waals surface area (Å²) in [6.07, 6.45) is 6.46. The van der Waals surface area contributed by atoms with Crippen molar-refractivity contribution in [3.8, 4) is 5.75 Å². The zero-order chi connectivity index (χ0) is 30.1. The minimum absolute atomic E-state index is 0.0535. The van der Waals surface area contributed by atoms with E-state index >= 15 is 0 Å². The first-order valence-corrected chi connectivity index (χ1v) is 16.3. The highest BCUT2D eigenvalue weighted by molar-refractivity contribution is 7.92. The standard InChI is InChI=1S/C33H41N3O5S/c1-25-13-10-11-20-30(25)36(42(3,39)40)24-32(37)35(23-27-16-12-19-29(21-27)41-2)31(22-26-14-6-4-7-15-26)33(38)34-28-17-8-5-9-18-28/h4,6-7,10-16,19-21,28,31H,5,8-9,17-18,22-24H2,1-3H3,(H,34,38)/t31-/m1/s1. The average molecular weight is 592 g/mol. The van der Waals surface area contributed by atoms with Gasteiger partial charge in [-0.15, -0.1) is 0 Å². The van der Waals surface area contributed by atoms with Gasteiger partial charge in [-0.25, -0.2) is 8.42 Å². The Morgan fingerprint density at radius 1 is 0.929 bits per heavy atom. The predicted octanol–water partition coefficient (Wildman–Crippen LogP) is 4.86. The summed E-state index contributed by atoms with van der Waals surface area (Å²) < 4.78 is 32.5. The summed E-state index contributed by atoms with van der Waals surface area (Å²) in [6, 6.07) is 23.2. The van der Waals surface area contributed by atoms with Gasteiger partial charge in [0.1, 0.15) is 18.3 Å². The molecule has 8 nitrogen and oxygen atoms in total. The molecule has 0 unspecified atom stereocenters. The molecule has 2 amide bonds. The second-order valence-electron chi connectivity index (χ2n) is 11.0. The quantitative estimate of drug-likeness (QED) is 0.325. The molecule has 0 bridgehead atoms. The van der Waals surface area contributed by atoms with E-state index in [9.17, 15) is 18.0 Å². The van der Waals surface area contributed by atoms with Gasteiger partial charge in [0.2, 0.25) is 21.8 Å². The van der Waals surface area contributed by atoms with Gasteiger partial charge in [0.15, 0.2) is 0 Å². The van der Waals surface area contributed by atoms with E-state index in [0.717, 1.165) is 59.4 Å². The number of benzene rings is 3. The van der Waals surface area contributed by atoms with Gasteiger partial charge in [0, 0.05) is 19.0 Å². The molecule has 4 rings (SSSR count). The summed E-state index contributed by atoms with van der Waals surface area (Å²) in [5.41, 5.74) is 2.84. The number of nitrogens with zero attached hydrogens (tertiary/aromatic N) is 2. The van der Waals surface area contributed by atoms with Crippen molar-refractivity contribution in [3.63, 3.8) is 0 Å². The number of hydrogen-bond donors (Lipinski definition) is 1. The van der Waals surface area contributed by atoms with Crippen molar-refractivity contribution in [2.45, 2.75) is 64.1 Å². The summed E-state index contributed by atoms with van der Waals surface area (Å²) in [5.74, 6) is -0.0705. The first-order chi connectivity index (χ1) is 20.2. The highest BCUT2D eigenvalue weighted by atomic mass is 32.2. The number of carbonyl (C=O) groups excluding carboxylic acids is 2. The summed E-state index contributed by atoms with van der Waals surface area (Å²) in [7, 11) is -2.24. The van der Waals surface area contributed by atoms with E-state index < -0.39 is 28.5 Å². The maximum absolute atomic E-state index is 14.3. The van der Waals surface area contributed by atoms with Gasteiger partial charge in [-0.05, 0) is 54.7 Å². The van der Waals surface area contributed by atoms with E-state index in [1.807, 2.05) is 73.7 Å². The Morgan fingerprint density at radius 3 is 2.26 bits per heavy atom. The van der Waals surface area contributed by atoms with Crippen molar-refractivity contribution in [2.24, 2.45) is 0 Å². The SMILES string of the molecule is COc1cccc(CN(C(=O)CN(c2ccccc2C)S(C)(=O)=O)[C@H](Cc2ccccc2)C(=O)NC2CCCCC2)c1. The number of aryl methyl sites for hydroxylation is 1. The van der Waals surface area contributed by atoms with E-state index in [2.05, 4.69) is 5.32 Å². The van der Waals surface area contributed by atoms with Crippen LogP contribution in [0, 0.1) is 6.92 Å². The highest BCUT2D eigenvalue weighted by Gasteiger charge is 2.34. The molecule has 224 valence electrons. The van der Waals surface area contributed by atoms with Crippen molar-refractivity contribution in [2.75, 3.05) is 24.2 Å². The molecule has 3 aromatic rings. The molecule has 0 spiro atoms. The maximum Gasteiger partial charge on any atom is 0.244 e. The summed E-state index contributed by atoms with van der Waals surface area (Å²) in [4.78, 5) is 29.8. The monoisotopic (exact) mass is 591 g/mol. The predicted molar refractivity (Wildman–Crippen MR) is 166 cm³/mol. The van der Waals surface area contributed by atoms with Crippen LogP contribution in [0.2, 0.25) is 0 Å². The number of methoxy groups -OCH3 is 1. The van der Waals surface area contributed by atoms with Crippen LogP contribution < -0.4 is 14.4 Å². The normalized spacial score (nSPS) is 14.5. The van der Waals surface area contributed by atoms with Crippen molar-refractivity contribution in [3.05, 3.63) is 95.6 Å². The number of ether oxygens (including phenoxy) is 1. The summed E-state index contributed by atoms with van der Waals surface area (Å²) >= 11 is 0. The van der Waals surface area contributed by atoms with E-state index in [-0.39, 0.29) is 18.5 Å². The van der Waals surface area contributed by atoms with Gasteiger partial charge in [-0.3, -0.25) is 13.9 Å². The van der Waals surface area contributed by atoms with E-state index in [4.69, 9.17) is 4.74 Å². The number of carbonyl (C=O) groups is 2. The molecule has 0 aliphatic heterocycles. The number of rotatable bonds is 12. The van der Waals surface area contributed by atoms with Crippen molar-refractivity contribution < 1.29 is 22.7 Å². The minimum Gasteiger partial charge on any atom is -0.497 e. The van der Waals surface area contributed by atoms with Crippen molar-refractivity contribution in [1.29, 1.82) is 0 Å². The first-order valence-electron chi connectivity index (χ1n) is 14.5. The first kappa shape index (κ1) is 31.1. The molecule has 0 aromatic heterocycles. The topological polar surface area (TPSA) is 96.0 Å². The van der Waals surface area contributed by atoms with Crippen molar-refractivity contribution in [1.82, 2.24) is 10.2 Å². The fourth-order valence-electron chi connectivity index (χ4n) is 5.50. The maximum atomic E-state index is 14.3. The Labute approximate surface area is 249 Å². The van der Waals surface area contributed by atoms with Gasteiger partial charge >= 0.3 is 0 Å². The second kappa shape index (κ2) is 14.4. The smallest absolute Gasteiger partial charge is 0.244 e. The lowest BCUT2D eigenvalue weighted by atomic mass is 9.94. The van der Waals surface area contributed by atoms with Gasteiger partial charge < -0.3 is 15.0 Å². The van der Waals surface area contributed by atoms with Gasteiger partial charge in [-0.2, -0.15) is 0 Å². The Kier molecular flexibility index (Phi) is 10.6. The van der Waals surface area contributed by atoms with Crippen LogP contribution >= 0.6 is 0 Å². The zero-order valence-corrected chi connectivity index (χ0v) is 25.5. The summed E-state index contributed by atoms with van der Waals surface area (Å²) in [6.45, 7) is 1.48. The lowest BCUT2D eigenvalue weighted by Gasteiger charge is -2.35. The molecule has 1 aliphatic rings. The number of anilines is 1. The molecule has 9 heteroatoms. The largest absolute Gasteiger partial charge is 0.497 e. The molecule has 1 saturated carbocycles. The van der Waals surface area contributed by atoms with E-state index in [1.54, 1.807) is 19.2 Å². The number of para-hydroxylation sites is 1. The van der Waals surface area contributed by atoms with Crippen LogP contribution in [0.15, 0.2) is 78.9 Å². The Hall–Kier alpha value is -3.85. The van der Waals surface area contributed by atoms with E-state index in [0.29, 0.717) is 17.9 Å². The van der Waals surface area contributed by atoms with Gasteiger partial charge in [0.05, 0.1) is 19.1 Å². The third-order valence-corrected chi connectivity index (χ3v) is 8.90. The number of sulfonamides is 1. The fourth-order valence-corrected chi connectivity index (χ4v) is 6.41. The molecule has 1 atom stereocenters. The third-order valence-electron chi connectivity index (χ3n) is 7.77. The average Bonchev–Trinajstić information content (AvgIpc) is 2.98. The molecule has 42 heavy (non-hydrogen) atoms. The van der Waals surface area contributed by atoms with Crippen LogP contribution in [0.5, 0.6) is 5.75 Å². The molecule has 0 saturated heterocycles. The van der Waals surface area contributed by atoms with Crippen LogP contribution in [0.25, 0.3) is 0 Å². The molecular weight excluding hydrogens is 550 g/mol. The third kappa shape index (κ3) is 8.35. The molecule has 1 fully saturated rings. The molecule has 1 aliphatic carbocycles. The van der Waals surface area contributed by atoms with Crippen LogP contribution in [0.4, 0.5) is 5.69 Å². The number of nitrogens with one attached hydrogen (secondary N) is 1. The minimum atomic E-state index is -3.81. The van der Waals surface area contributed by atoms with Crippen LogP contribution in [0.3, 0.4) is 0 Å². The zero-order valence-electron chi connectivity index (χ0n) is 24.7. The molecule has 0 heterocycles. The van der Waals surface area contributed by atoms with E-state index in [1.165, 1.54) is 4.90 Å². The Balaban J connectivity index is 1.74. The number of amides is 2. The van der Waals surface area contributed by atoms with Crippen LogP contribution in [0.1, 0.15) is 48.8 Å². The molecule has 0 radical (unpaired) electrons. The van der Waals surface area contributed by atoms with Crippen LogP contribution in [-0.2, 0) is 32.6 Å². The lowest BCUT2D eigenvalue weighted by Crippen LogP contribution is -2.55.